The summed E-state index contributed by atoms with van der Waals surface area (Å²) in [4.78, 5) is 17.3. The predicted molar refractivity (Wildman–Crippen MR) is 95.8 cm³/mol. The fourth-order valence-electron chi connectivity index (χ4n) is 1.96. The van der Waals surface area contributed by atoms with Crippen molar-refractivity contribution in [1.82, 2.24) is 19.7 Å². The van der Waals surface area contributed by atoms with Crippen molar-refractivity contribution < 1.29 is 18.0 Å². The van der Waals surface area contributed by atoms with Gasteiger partial charge in [-0.1, -0.05) is 11.6 Å². The second-order valence-electron chi connectivity index (χ2n) is 5.45. The summed E-state index contributed by atoms with van der Waals surface area (Å²) in [7, 11) is 1.88. The minimum atomic E-state index is -4.64. The number of aldehydes is 1. The van der Waals surface area contributed by atoms with Crippen LogP contribution in [0.2, 0.25) is 5.02 Å². The second kappa shape index (κ2) is 8.63. The molecule has 0 amide bonds. The van der Waals surface area contributed by atoms with Gasteiger partial charge in [-0.3, -0.25) is 9.48 Å². The van der Waals surface area contributed by atoms with Gasteiger partial charge in [0.15, 0.2) is 0 Å². The van der Waals surface area contributed by atoms with Gasteiger partial charge in [0.1, 0.15) is 0 Å². The zero-order valence-corrected chi connectivity index (χ0v) is 15.1. The molecular formula is C17H15ClF3N5O. The largest absolute Gasteiger partial charge is 0.446 e. The van der Waals surface area contributed by atoms with Gasteiger partial charge in [-0.2, -0.15) is 18.3 Å². The zero-order chi connectivity index (χ0) is 20.0. The number of anilines is 2. The van der Waals surface area contributed by atoms with Gasteiger partial charge in [0.2, 0.25) is 12.2 Å². The van der Waals surface area contributed by atoms with Crippen molar-refractivity contribution >= 4 is 29.5 Å². The van der Waals surface area contributed by atoms with E-state index in [0.29, 0.717) is 5.95 Å². The van der Waals surface area contributed by atoms with Crippen molar-refractivity contribution in [2.24, 2.45) is 7.05 Å². The van der Waals surface area contributed by atoms with Crippen LogP contribution < -0.4 is 5.32 Å². The highest BCUT2D eigenvalue weighted by Crippen LogP contribution is 2.22. The van der Waals surface area contributed by atoms with Gasteiger partial charge in [0, 0.05) is 47.5 Å². The van der Waals surface area contributed by atoms with Crippen LogP contribution in [-0.2, 0) is 11.8 Å². The standard InChI is InChI=1S/C15H14ClN5.C2HF3O/c1-10-5-13(3-4-14(10)16)20-15-17-6-11(7-18-15)12-8-19-21(2)9-12;3-2(4,5)1-6/h3-9H,1-2H3,(H,17,18,20);1H. The number of nitrogens with zero attached hydrogens (tertiary/aromatic N) is 4. The van der Waals surface area contributed by atoms with Crippen molar-refractivity contribution in [3.05, 3.63) is 53.6 Å². The topological polar surface area (TPSA) is 72.7 Å². The SMILES string of the molecule is Cc1cc(Nc2ncc(-c3cnn(C)c3)cn2)ccc1Cl.O=CC(F)(F)F. The number of aryl methyl sites for hydroxylation is 2. The molecule has 0 spiro atoms. The third-order valence-electron chi connectivity index (χ3n) is 3.24. The number of benzene rings is 1. The molecule has 0 unspecified atom stereocenters. The summed E-state index contributed by atoms with van der Waals surface area (Å²) in [5, 5.41) is 8.03. The Kier molecular flexibility index (Phi) is 6.51. The molecule has 2 heterocycles. The highest BCUT2D eigenvalue weighted by molar-refractivity contribution is 6.31. The van der Waals surface area contributed by atoms with Crippen molar-refractivity contribution in [1.29, 1.82) is 0 Å². The van der Waals surface area contributed by atoms with E-state index in [4.69, 9.17) is 16.4 Å². The number of carbonyl (C=O) groups excluding carboxylic acids is 1. The van der Waals surface area contributed by atoms with Crippen molar-refractivity contribution in [3.63, 3.8) is 0 Å². The van der Waals surface area contributed by atoms with Crippen LogP contribution in [0.5, 0.6) is 0 Å². The number of hydrogen-bond acceptors (Lipinski definition) is 5. The lowest BCUT2D eigenvalue weighted by Crippen LogP contribution is -2.07. The molecule has 2 aromatic heterocycles. The van der Waals surface area contributed by atoms with Crippen molar-refractivity contribution in [2.75, 3.05) is 5.32 Å². The molecule has 0 fully saturated rings. The molecule has 0 atom stereocenters. The van der Waals surface area contributed by atoms with E-state index in [0.717, 1.165) is 27.4 Å². The Bertz CT molecular complexity index is 910. The van der Waals surface area contributed by atoms with Gasteiger partial charge in [0.25, 0.3) is 0 Å². The van der Waals surface area contributed by atoms with Crippen LogP contribution in [0.25, 0.3) is 11.1 Å². The van der Waals surface area contributed by atoms with Crippen LogP contribution in [0.4, 0.5) is 24.8 Å². The number of halogens is 4. The molecule has 3 aromatic rings. The first kappa shape index (κ1) is 20.4. The van der Waals surface area contributed by atoms with Crippen LogP contribution in [0, 0.1) is 6.92 Å². The Balaban J connectivity index is 0.000000380. The molecule has 10 heteroatoms. The van der Waals surface area contributed by atoms with Gasteiger partial charge in [-0.05, 0) is 30.7 Å². The van der Waals surface area contributed by atoms with Crippen LogP contribution >= 0.6 is 11.6 Å². The summed E-state index contributed by atoms with van der Waals surface area (Å²) in [5.41, 5.74) is 3.84. The zero-order valence-electron chi connectivity index (χ0n) is 14.3. The Morgan fingerprint density at radius 3 is 2.26 bits per heavy atom. The van der Waals surface area contributed by atoms with E-state index < -0.39 is 12.5 Å². The number of carbonyl (C=O) groups is 1. The molecular weight excluding hydrogens is 383 g/mol. The third kappa shape index (κ3) is 6.37. The normalized spacial score (nSPS) is 10.7. The smallest absolute Gasteiger partial charge is 0.324 e. The summed E-state index contributed by atoms with van der Waals surface area (Å²) >= 11 is 6.01. The van der Waals surface area contributed by atoms with E-state index in [1.165, 1.54) is 0 Å². The Morgan fingerprint density at radius 2 is 1.78 bits per heavy atom. The number of aromatic nitrogens is 4. The van der Waals surface area contributed by atoms with E-state index in [1.54, 1.807) is 23.3 Å². The maximum atomic E-state index is 10.4. The maximum absolute atomic E-state index is 10.4. The lowest BCUT2D eigenvalue weighted by atomic mass is 10.2. The fourth-order valence-corrected chi connectivity index (χ4v) is 2.08. The highest BCUT2D eigenvalue weighted by atomic mass is 35.5. The van der Waals surface area contributed by atoms with E-state index in [2.05, 4.69) is 20.4 Å². The minimum Gasteiger partial charge on any atom is -0.324 e. The predicted octanol–water partition coefficient (Wildman–Crippen LogP) is 4.33. The Labute approximate surface area is 158 Å². The summed E-state index contributed by atoms with van der Waals surface area (Å²) in [6.45, 7) is 1.96. The first-order valence-electron chi connectivity index (χ1n) is 7.55. The average Bonchev–Trinajstić information content (AvgIpc) is 3.05. The molecule has 1 aromatic carbocycles. The number of hydrogen-bond donors (Lipinski definition) is 1. The van der Waals surface area contributed by atoms with E-state index in [9.17, 15) is 13.2 Å². The van der Waals surface area contributed by atoms with Crippen LogP contribution in [0.1, 0.15) is 5.56 Å². The molecule has 27 heavy (non-hydrogen) atoms. The van der Waals surface area contributed by atoms with E-state index >= 15 is 0 Å². The molecule has 6 nitrogen and oxygen atoms in total. The fraction of sp³-hybridized carbons (Fsp3) is 0.176. The monoisotopic (exact) mass is 397 g/mol. The lowest BCUT2D eigenvalue weighted by molar-refractivity contribution is -0.156. The molecule has 0 saturated carbocycles. The average molecular weight is 398 g/mol. The number of nitrogens with one attached hydrogen (secondary N) is 1. The minimum absolute atomic E-state index is 0.546. The molecule has 1 N–H and O–H groups in total. The van der Waals surface area contributed by atoms with Crippen LogP contribution in [0.15, 0.2) is 43.0 Å². The quantitative estimate of drug-likeness (QED) is 0.666. The van der Waals surface area contributed by atoms with Gasteiger partial charge in [-0.25, -0.2) is 9.97 Å². The lowest BCUT2D eigenvalue weighted by Gasteiger charge is -2.06. The molecule has 0 radical (unpaired) electrons. The summed E-state index contributed by atoms with van der Waals surface area (Å²) < 4.78 is 33.0. The van der Waals surface area contributed by atoms with Crippen molar-refractivity contribution in [2.45, 2.75) is 13.1 Å². The van der Waals surface area contributed by atoms with Crippen molar-refractivity contribution in [3.8, 4) is 11.1 Å². The first-order valence-corrected chi connectivity index (χ1v) is 7.93. The van der Waals surface area contributed by atoms with Gasteiger partial charge in [-0.15, -0.1) is 0 Å². The van der Waals surface area contributed by atoms with Gasteiger partial charge >= 0.3 is 6.18 Å². The number of rotatable bonds is 3. The molecule has 0 aliphatic carbocycles. The molecule has 0 aliphatic heterocycles. The van der Waals surface area contributed by atoms with Gasteiger partial charge < -0.3 is 5.32 Å². The Hall–Kier alpha value is -2.94. The molecule has 3 rings (SSSR count). The number of alkyl halides is 3. The first-order chi connectivity index (χ1) is 12.7. The molecule has 142 valence electrons. The Morgan fingerprint density at radius 1 is 1.15 bits per heavy atom. The van der Waals surface area contributed by atoms with Gasteiger partial charge in [0.05, 0.1) is 6.20 Å². The summed E-state index contributed by atoms with van der Waals surface area (Å²) in [6, 6.07) is 5.71. The van der Waals surface area contributed by atoms with Crippen LogP contribution in [-0.4, -0.2) is 32.2 Å². The summed E-state index contributed by atoms with van der Waals surface area (Å²) in [6.07, 6.45) is 1.56. The summed E-state index contributed by atoms with van der Waals surface area (Å²) in [5.74, 6) is 0.546. The highest BCUT2D eigenvalue weighted by Gasteiger charge is 2.24. The van der Waals surface area contributed by atoms with E-state index in [1.807, 2.05) is 38.4 Å². The molecule has 0 bridgehead atoms. The second-order valence-corrected chi connectivity index (χ2v) is 5.85. The van der Waals surface area contributed by atoms with Crippen LogP contribution in [0.3, 0.4) is 0 Å². The molecule has 0 aliphatic rings. The molecule has 0 saturated heterocycles. The maximum Gasteiger partial charge on any atom is 0.446 e. The van der Waals surface area contributed by atoms with E-state index in [-0.39, 0.29) is 0 Å². The third-order valence-corrected chi connectivity index (χ3v) is 3.66.